The predicted octanol–water partition coefficient (Wildman–Crippen LogP) is 5.63. The maximum absolute atomic E-state index is 12.9. The first kappa shape index (κ1) is 21.8. The average Bonchev–Trinajstić information content (AvgIpc) is 3.03. The molecule has 4 rings (SSSR count). The summed E-state index contributed by atoms with van der Waals surface area (Å²) in [4.78, 5) is 27.2. The Morgan fingerprint density at radius 2 is 1.75 bits per heavy atom. The van der Waals surface area contributed by atoms with Crippen LogP contribution in [0, 0.1) is 6.92 Å². The van der Waals surface area contributed by atoms with Crippen LogP contribution in [-0.2, 0) is 9.59 Å². The van der Waals surface area contributed by atoms with E-state index in [1.807, 2.05) is 85.8 Å². The van der Waals surface area contributed by atoms with Crippen molar-refractivity contribution in [3.05, 3.63) is 94.9 Å². The van der Waals surface area contributed by atoms with Gasteiger partial charge < -0.3 is 10.1 Å². The first-order valence-corrected chi connectivity index (χ1v) is 11.2. The van der Waals surface area contributed by atoms with Crippen molar-refractivity contribution in [3.63, 3.8) is 0 Å². The summed E-state index contributed by atoms with van der Waals surface area (Å²) in [6.07, 6.45) is 1.76. The molecule has 0 unspecified atom stereocenters. The van der Waals surface area contributed by atoms with E-state index in [1.165, 1.54) is 16.7 Å². The third-order valence-corrected chi connectivity index (χ3v) is 6.11. The summed E-state index contributed by atoms with van der Waals surface area (Å²) >= 11 is 6.54. The number of carbonyl (C=O) groups is 2. The number of para-hydroxylation sites is 2. The molecule has 7 heteroatoms. The van der Waals surface area contributed by atoms with E-state index in [-0.39, 0.29) is 18.4 Å². The summed E-state index contributed by atoms with van der Waals surface area (Å²) in [6.45, 7) is 1.78. The third-order valence-electron chi connectivity index (χ3n) is 4.73. The van der Waals surface area contributed by atoms with E-state index in [9.17, 15) is 9.59 Å². The lowest BCUT2D eigenvalue weighted by Gasteiger charge is -2.15. The van der Waals surface area contributed by atoms with Gasteiger partial charge in [-0.15, -0.1) is 0 Å². The predicted molar refractivity (Wildman–Crippen MR) is 133 cm³/mol. The molecule has 1 heterocycles. The van der Waals surface area contributed by atoms with Gasteiger partial charge in [0.15, 0.2) is 0 Å². The van der Waals surface area contributed by atoms with Crippen LogP contribution >= 0.6 is 24.0 Å². The Hall–Kier alpha value is -3.42. The molecule has 1 N–H and O–H groups in total. The number of thiocarbonyl (C=S) groups is 1. The van der Waals surface area contributed by atoms with Gasteiger partial charge in [-0.25, -0.2) is 0 Å². The Morgan fingerprint density at radius 1 is 1.03 bits per heavy atom. The van der Waals surface area contributed by atoms with Gasteiger partial charge in [0, 0.05) is 5.69 Å². The largest absolute Gasteiger partial charge is 0.457 e. The molecule has 0 saturated carbocycles. The van der Waals surface area contributed by atoms with Crippen LogP contribution in [0.15, 0.2) is 83.8 Å². The normalized spacial score (nSPS) is 14.7. The standard InChI is InChI=1S/C25H20N2O3S2/c1-17-8-5-6-13-21(17)26-23(28)16-27-24(29)22(32-25(27)31)15-18-9-7-12-20(14-18)30-19-10-3-2-4-11-19/h2-15H,16H2,1H3,(H,26,28)/b22-15-. The second-order valence-corrected chi connectivity index (χ2v) is 8.79. The summed E-state index contributed by atoms with van der Waals surface area (Å²) in [5.41, 5.74) is 2.47. The highest BCUT2D eigenvalue weighted by molar-refractivity contribution is 8.26. The SMILES string of the molecule is Cc1ccccc1NC(=O)CN1C(=O)/C(=C/c2cccc(Oc3ccccc3)c2)SC1=S. The molecule has 0 aliphatic carbocycles. The van der Waals surface area contributed by atoms with Crippen molar-refractivity contribution in [1.29, 1.82) is 0 Å². The minimum atomic E-state index is -0.296. The summed E-state index contributed by atoms with van der Waals surface area (Å²) in [5, 5.41) is 2.84. The Morgan fingerprint density at radius 3 is 2.53 bits per heavy atom. The van der Waals surface area contributed by atoms with Gasteiger partial charge in [-0.05, 0) is 54.5 Å². The molecule has 3 aromatic rings. The summed E-state index contributed by atoms with van der Waals surface area (Å²) in [5.74, 6) is 0.818. The number of benzene rings is 3. The first-order valence-electron chi connectivity index (χ1n) is 9.93. The van der Waals surface area contributed by atoms with Crippen LogP contribution in [0.1, 0.15) is 11.1 Å². The lowest BCUT2D eigenvalue weighted by atomic mass is 10.2. The number of anilines is 1. The van der Waals surface area contributed by atoms with Crippen LogP contribution in [0.4, 0.5) is 5.69 Å². The lowest BCUT2D eigenvalue weighted by Crippen LogP contribution is -2.36. The fourth-order valence-electron chi connectivity index (χ4n) is 3.13. The van der Waals surface area contributed by atoms with Crippen molar-refractivity contribution in [2.75, 3.05) is 11.9 Å². The summed E-state index contributed by atoms with van der Waals surface area (Å²) < 4.78 is 6.22. The highest BCUT2D eigenvalue weighted by Gasteiger charge is 2.33. The molecule has 0 atom stereocenters. The van der Waals surface area contributed by atoms with Gasteiger partial charge in [-0.3, -0.25) is 14.5 Å². The van der Waals surface area contributed by atoms with Crippen LogP contribution < -0.4 is 10.1 Å². The second-order valence-electron chi connectivity index (χ2n) is 7.12. The zero-order valence-electron chi connectivity index (χ0n) is 17.3. The van der Waals surface area contributed by atoms with E-state index in [0.29, 0.717) is 20.7 Å². The number of hydrogen-bond acceptors (Lipinski definition) is 5. The molecule has 1 fully saturated rings. The lowest BCUT2D eigenvalue weighted by molar-refractivity contribution is -0.126. The fourth-order valence-corrected chi connectivity index (χ4v) is 4.38. The molecule has 160 valence electrons. The van der Waals surface area contributed by atoms with E-state index in [4.69, 9.17) is 17.0 Å². The Labute approximate surface area is 196 Å². The van der Waals surface area contributed by atoms with Crippen molar-refractivity contribution < 1.29 is 14.3 Å². The second kappa shape index (κ2) is 9.80. The molecule has 0 bridgehead atoms. The van der Waals surface area contributed by atoms with Crippen molar-refractivity contribution in [2.45, 2.75) is 6.92 Å². The maximum atomic E-state index is 12.9. The van der Waals surface area contributed by atoms with E-state index in [2.05, 4.69) is 5.32 Å². The zero-order chi connectivity index (χ0) is 22.5. The van der Waals surface area contributed by atoms with Crippen molar-refractivity contribution in [1.82, 2.24) is 4.90 Å². The molecule has 3 aromatic carbocycles. The van der Waals surface area contributed by atoms with Crippen LogP contribution in [0.2, 0.25) is 0 Å². The molecule has 0 radical (unpaired) electrons. The van der Waals surface area contributed by atoms with Gasteiger partial charge in [0.25, 0.3) is 5.91 Å². The summed E-state index contributed by atoms with van der Waals surface area (Å²) in [7, 11) is 0. The fraction of sp³-hybridized carbons (Fsp3) is 0.0800. The van der Waals surface area contributed by atoms with Crippen molar-refractivity contribution >= 4 is 51.9 Å². The van der Waals surface area contributed by atoms with Crippen LogP contribution in [0.5, 0.6) is 11.5 Å². The molecule has 1 aliphatic rings. The van der Waals surface area contributed by atoms with Crippen molar-refractivity contribution in [3.8, 4) is 11.5 Å². The maximum Gasteiger partial charge on any atom is 0.266 e. The number of hydrogen-bond donors (Lipinski definition) is 1. The molecule has 1 aliphatic heterocycles. The van der Waals surface area contributed by atoms with Crippen LogP contribution in [0.25, 0.3) is 6.08 Å². The topological polar surface area (TPSA) is 58.6 Å². The highest BCUT2D eigenvalue weighted by atomic mass is 32.2. The number of aryl methyl sites for hydroxylation is 1. The minimum Gasteiger partial charge on any atom is -0.457 e. The number of rotatable bonds is 6. The molecular weight excluding hydrogens is 440 g/mol. The number of thioether (sulfide) groups is 1. The Balaban J connectivity index is 1.45. The van der Waals surface area contributed by atoms with Gasteiger partial charge in [-0.2, -0.15) is 0 Å². The monoisotopic (exact) mass is 460 g/mol. The van der Waals surface area contributed by atoms with Gasteiger partial charge in [0.1, 0.15) is 22.4 Å². The highest BCUT2D eigenvalue weighted by Crippen LogP contribution is 2.33. The summed E-state index contributed by atoms with van der Waals surface area (Å²) in [6, 6.07) is 24.4. The first-order chi connectivity index (χ1) is 15.5. The average molecular weight is 461 g/mol. The molecule has 0 spiro atoms. The molecule has 1 saturated heterocycles. The number of nitrogens with zero attached hydrogens (tertiary/aromatic N) is 1. The van der Waals surface area contributed by atoms with E-state index in [1.54, 1.807) is 6.08 Å². The molecule has 32 heavy (non-hydrogen) atoms. The van der Waals surface area contributed by atoms with E-state index < -0.39 is 0 Å². The van der Waals surface area contributed by atoms with Gasteiger partial charge in [0.2, 0.25) is 5.91 Å². The Kier molecular flexibility index (Phi) is 6.68. The van der Waals surface area contributed by atoms with Gasteiger partial charge in [-0.1, -0.05) is 72.5 Å². The Bertz CT molecular complexity index is 1210. The van der Waals surface area contributed by atoms with E-state index in [0.717, 1.165) is 16.9 Å². The smallest absolute Gasteiger partial charge is 0.266 e. The molecule has 2 amide bonds. The molecule has 5 nitrogen and oxygen atoms in total. The minimum absolute atomic E-state index is 0.131. The number of amides is 2. The molecular formula is C25H20N2O3S2. The van der Waals surface area contributed by atoms with Gasteiger partial charge in [0.05, 0.1) is 4.91 Å². The molecule has 0 aromatic heterocycles. The number of nitrogens with one attached hydrogen (secondary N) is 1. The van der Waals surface area contributed by atoms with Crippen LogP contribution in [-0.4, -0.2) is 27.6 Å². The quantitative estimate of drug-likeness (QED) is 0.382. The van der Waals surface area contributed by atoms with E-state index >= 15 is 0 Å². The van der Waals surface area contributed by atoms with Gasteiger partial charge >= 0.3 is 0 Å². The number of ether oxygens (including phenoxy) is 1. The van der Waals surface area contributed by atoms with Crippen molar-refractivity contribution in [2.24, 2.45) is 0 Å². The van der Waals surface area contributed by atoms with Crippen LogP contribution in [0.3, 0.4) is 0 Å². The number of carbonyl (C=O) groups excluding carboxylic acids is 2. The third kappa shape index (κ3) is 5.25. The zero-order valence-corrected chi connectivity index (χ0v) is 18.9.